The summed E-state index contributed by atoms with van der Waals surface area (Å²) in [5.41, 5.74) is 1.18. The Balaban J connectivity index is 2.13. The number of nitrogens with one attached hydrogen (secondary N) is 3. The summed E-state index contributed by atoms with van der Waals surface area (Å²) in [6.45, 7) is 4.75. The van der Waals surface area contributed by atoms with Crippen LogP contribution >= 0.6 is 0 Å². The molecule has 3 N–H and O–H groups in total. The number of rotatable bonds is 9. The van der Waals surface area contributed by atoms with Crippen molar-refractivity contribution in [3.05, 3.63) is 47.2 Å². The predicted octanol–water partition coefficient (Wildman–Crippen LogP) is 1.71. The number of carbonyl (C=O) groups is 4. The average molecular weight is 417 g/mol. The summed E-state index contributed by atoms with van der Waals surface area (Å²) in [6, 6.07) is 7.47. The normalized spacial score (nSPS) is 16.8. The van der Waals surface area contributed by atoms with E-state index in [0.29, 0.717) is 6.42 Å². The molecule has 1 aliphatic rings. The molecule has 0 bridgehead atoms. The van der Waals surface area contributed by atoms with Crippen molar-refractivity contribution in [2.45, 2.75) is 45.7 Å². The number of hydrogen-bond donors (Lipinski definition) is 3. The number of amides is 3. The highest BCUT2D eigenvalue weighted by molar-refractivity contribution is 5.94. The van der Waals surface area contributed by atoms with Crippen molar-refractivity contribution in [2.75, 3.05) is 13.2 Å². The average Bonchev–Trinajstić information content (AvgIpc) is 2.71. The van der Waals surface area contributed by atoms with Crippen molar-refractivity contribution in [3.8, 4) is 0 Å². The maximum absolute atomic E-state index is 12.4. The number of carbonyl (C=O) groups excluding carboxylic acids is 4. The van der Waals surface area contributed by atoms with E-state index in [9.17, 15) is 19.2 Å². The Morgan fingerprint density at radius 2 is 1.83 bits per heavy atom. The van der Waals surface area contributed by atoms with Crippen molar-refractivity contribution in [2.24, 2.45) is 0 Å². The van der Waals surface area contributed by atoms with E-state index in [1.807, 2.05) is 13.0 Å². The third kappa shape index (κ3) is 6.33. The molecular weight excluding hydrogens is 390 g/mol. The Morgan fingerprint density at radius 1 is 1.13 bits per heavy atom. The standard InChI is InChI=1S/C21H27N3O6/c1-4-15-19(20(27)29-5-2)17(24-21(28)23-15)12-30-18(26)11-16(22-13(3)25)14-9-7-6-8-10-14/h6-10,15-16H,4-5,11-12H2,1-3H3,(H,22,25)(H2,23,24,28)/t15-,16-/m1/s1. The van der Waals surface area contributed by atoms with Crippen molar-refractivity contribution < 1.29 is 28.7 Å². The second kappa shape index (κ2) is 11.0. The van der Waals surface area contributed by atoms with E-state index in [-0.39, 0.29) is 36.8 Å². The van der Waals surface area contributed by atoms with Crippen LogP contribution in [-0.4, -0.2) is 43.1 Å². The van der Waals surface area contributed by atoms with Crippen LogP contribution in [0.25, 0.3) is 0 Å². The first-order valence-electron chi connectivity index (χ1n) is 9.81. The number of ether oxygens (including phenoxy) is 2. The van der Waals surface area contributed by atoms with Gasteiger partial charge in [-0.25, -0.2) is 9.59 Å². The minimum Gasteiger partial charge on any atom is -0.463 e. The molecule has 2 atom stereocenters. The van der Waals surface area contributed by atoms with E-state index >= 15 is 0 Å². The molecule has 0 aromatic heterocycles. The molecule has 1 aliphatic heterocycles. The minimum atomic E-state index is -0.589. The van der Waals surface area contributed by atoms with Crippen LogP contribution in [0.1, 0.15) is 45.2 Å². The van der Waals surface area contributed by atoms with Crippen LogP contribution < -0.4 is 16.0 Å². The molecule has 0 saturated carbocycles. The number of esters is 2. The summed E-state index contributed by atoms with van der Waals surface area (Å²) in [5.74, 6) is -1.45. The third-order valence-corrected chi connectivity index (χ3v) is 4.47. The second-order valence-corrected chi connectivity index (χ2v) is 6.70. The monoisotopic (exact) mass is 417 g/mol. The molecule has 0 unspecified atom stereocenters. The SMILES string of the molecule is CCOC(=O)C1=C(COC(=O)C[C@@H](NC(C)=O)c2ccccc2)NC(=O)N[C@@H]1CC. The molecule has 0 aliphatic carbocycles. The fourth-order valence-corrected chi connectivity index (χ4v) is 3.14. The molecule has 0 saturated heterocycles. The topological polar surface area (TPSA) is 123 Å². The van der Waals surface area contributed by atoms with Crippen molar-refractivity contribution in [1.82, 2.24) is 16.0 Å². The lowest BCUT2D eigenvalue weighted by Crippen LogP contribution is -2.51. The lowest BCUT2D eigenvalue weighted by atomic mass is 10.0. The summed E-state index contributed by atoms with van der Waals surface area (Å²) in [6.07, 6.45) is 0.368. The molecule has 1 aromatic rings. The molecular formula is C21H27N3O6. The largest absolute Gasteiger partial charge is 0.463 e. The Kier molecular flexibility index (Phi) is 8.40. The third-order valence-electron chi connectivity index (χ3n) is 4.47. The number of hydrogen-bond acceptors (Lipinski definition) is 6. The van der Waals surface area contributed by atoms with Crippen LogP contribution in [0.5, 0.6) is 0 Å². The summed E-state index contributed by atoms with van der Waals surface area (Å²) >= 11 is 0. The first kappa shape index (κ1) is 22.9. The van der Waals surface area contributed by atoms with Gasteiger partial charge >= 0.3 is 18.0 Å². The zero-order valence-electron chi connectivity index (χ0n) is 17.3. The van der Waals surface area contributed by atoms with Crippen LogP contribution in [-0.2, 0) is 23.9 Å². The fraction of sp³-hybridized carbons (Fsp3) is 0.429. The molecule has 0 radical (unpaired) electrons. The lowest BCUT2D eigenvalue weighted by Gasteiger charge is -2.28. The van der Waals surface area contributed by atoms with Gasteiger partial charge in [0.2, 0.25) is 5.91 Å². The van der Waals surface area contributed by atoms with Gasteiger partial charge in [0.25, 0.3) is 0 Å². The zero-order chi connectivity index (χ0) is 22.1. The highest BCUT2D eigenvalue weighted by Gasteiger charge is 2.32. The van der Waals surface area contributed by atoms with Crippen molar-refractivity contribution >= 4 is 23.9 Å². The Morgan fingerprint density at radius 3 is 2.43 bits per heavy atom. The molecule has 9 heteroatoms. The van der Waals surface area contributed by atoms with E-state index in [2.05, 4.69) is 16.0 Å². The van der Waals surface area contributed by atoms with Gasteiger partial charge in [0.05, 0.1) is 36.4 Å². The molecule has 9 nitrogen and oxygen atoms in total. The van der Waals surface area contributed by atoms with Gasteiger partial charge in [0.15, 0.2) is 0 Å². The molecule has 1 heterocycles. The molecule has 2 rings (SSSR count). The van der Waals surface area contributed by atoms with Crippen molar-refractivity contribution in [1.29, 1.82) is 0 Å². The Labute approximate surface area is 175 Å². The number of urea groups is 1. The molecule has 0 spiro atoms. The Hall–Kier alpha value is -3.36. The highest BCUT2D eigenvalue weighted by Crippen LogP contribution is 2.20. The summed E-state index contributed by atoms with van der Waals surface area (Å²) in [5, 5.41) is 7.90. The summed E-state index contributed by atoms with van der Waals surface area (Å²) in [7, 11) is 0. The smallest absolute Gasteiger partial charge is 0.338 e. The van der Waals surface area contributed by atoms with Crippen LogP contribution in [0.2, 0.25) is 0 Å². The maximum Gasteiger partial charge on any atom is 0.338 e. The van der Waals surface area contributed by atoms with Crippen LogP contribution in [0.15, 0.2) is 41.6 Å². The quantitative estimate of drug-likeness (QED) is 0.526. The van der Waals surface area contributed by atoms with Gasteiger partial charge in [0.1, 0.15) is 6.61 Å². The highest BCUT2D eigenvalue weighted by atomic mass is 16.5. The molecule has 0 fully saturated rings. The van der Waals surface area contributed by atoms with E-state index < -0.39 is 30.1 Å². The molecule has 162 valence electrons. The first-order valence-corrected chi connectivity index (χ1v) is 9.81. The van der Waals surface area contributed by atoms with E-state index in [4.69, 9.17) is 9.47 Å². The Bertz CT molecular complexity index is 821. The van der Waals surface area contributed by atoms with E-state index in [1.54, 1.807) is 31.2 Å². The van der Waals surface area contributed by atoms with Gasteiger partial charge < -0.3 is 25.4 Å². The number of benzene rings is 1. The first-order chi connectivity index (χ1) is 14.3. The zero-order valence-corrected chi connectivity index (χ0v) is 17.3. The minimum absolute atomic E-state index is 0.102. The van der Waals surface area contributed by atoms with Gasteiger partial charge in [0, 0.05) is 6.92 Å². The van der Waals surface area contributed by atoms with Gasteiger partial charge in [-0.3, -0.25) is 9.59 Å². The molecule has 30 heavy (non-hydrogen) atoms. The van der Waals surface area contributed by atoms with Gasteiger partial charge in [-0.1, -0.05) is 37.3 Å². The van der Waals surface area contributed by atoms with Crippen LogP contribution in [0.3, 0.4) is 0 Å². The van der Waals surface area contributed by atoms with Gasteiger partial charge in [-0.05, 0) is 18.9 Å². The van der Waals surface area contributed by atoms with E-state index in [1.165, 1.54) is 6.92 Å². The lowest BCUT2D eigenvalue weighted by molar-refractivity contribution is -0.144. The van der Waals surface area contributed by atoms with Crippen molar-refractivity contribution in [3.63, 3.8) is 0 Å². The second-order valence-electron chi connectivity index (χ2n) is 6.70. The molecule has 3 amide bonds. The van der Waals surface area contributed by atoms with Gasteiger partial charge in [-0.2, -0.15) is 0 Å². The fourth-order valence-electron chi connectivity index (χ4n) is 3.14. The molecule has 1 aromatic carbocycles. The van der Waals surface area contributed by atoms with Crippen LogP contribution in [0.4, 0.5) is 4.79 Å². The maximum atomic E-state index is 12.4. The van der Waals surface area contributed by atoms with E-state index in [0.717, 1.165) is 5.56 Å². The summed E-state index contributed by atoms with van der Waals surface area (Å²) < 4.78 is 10.4. The summed E-state index contributed by atoms with van der Waals surface area (Å²) in [4.78, 5) is 48.2. The predicted molar refractivity (Wildman–Crippen MR) is 108 cm³/mol. The van der Waals surface area contributed by atoms with Gasteiger partial charge in [-0.15, -0.1) is 0 Å². The van der Waals surface area contributed by atoms with Crippen LogP contribution in [0, 0.1) is 0 Å².